The van der Waals surface area contributed by atoms with Crippen LogP contribution in [-0.2, 0) is 6.42 Å². The first-order valence-electron chi connectivity index (χ1n) is 5.48. The fraction of sp³-hybridized carbons (Fsp3) is 0.538. The Labute approximate surface area is 102 Å². The highest BCUT2D eigenvalue weighted by Gasteiger charge is 2.25. The molecular formula is C13H20FNO2. The van der Waals surface area contributed by atoms with Crippen LogP contribution >= 0.6 is 0 Å². The molecule has 1 aromatic rings. The van der Waals surface area contributed by atoms with E-state index in [0.717, 1.165) is 18.4 Å². The number of hydrogen-bond donors (Lipinski definition) is 2. The molecule has 1 aliphatic heterocycles. The molecule has 0 spiro atoms. The fourth-order valence-electron chi connectivity index (χ4n) is 1.99. The van der Waals surface area contributed by atoms with E-state index in [2.05, 4.69) is 5.32 Å². The molecule has 4 heteroatoms. The lowest BCUT2D eigenvalue weighted by Gasteiger charge is -2.29. The van der Waals surface area contributed by atoms with E-state index in [1.165, 1.54) is 12.1 Å². The highest BCUT2D eigenvalue weighted by molar-refractivity contribution is 5.35. The number of halogens is 1. The first-order valence-corrected chi connectivity index (χ1v) is 5.48. The van der Waals surface area contributed by atoms with Gasteiger partial charge in [-0.05, 0) is 43.7 Å². The van der Waals surface area contributed by atoms with Crippen LogP contribution in [0.4, 0.5) is 4.39 Å². The summed E-state index contributed by atoms with van der Waals surface area (Å²) in [6.45, 7) is 0.501. The Bertz CT molecular complexity index is 370. The molecule has 1 heterocycles. The van der Waals surface area contributed by atoms with Crippen molar-refractivity contribution in [1.29, 1.82) is 0 Å². The van der Waals surface area contributed by atoms with Crippen LogP contribution in [0.3, 0.4) is 0 Å². The average Bonchev–Trinajstić information content (AvgIpc) is 2.28. The molecular weight excluding hydrogens is 221 g/mol. The topological polar surface area (TPSA) is 41.5 Å². The Balaban J connectivity index is 0.00000144. The van der Waals surface area contributed by atoms with Gasteiger partial charge in [0.2, 0.25) is 0 Å². The highest BCUT2D eigenvalue weighted by atomic mass is 19.1. The van der Waals surface area contributed by atoms with Crippen LogP contribution in [0.2, 0.25) is 0 Å². The van der Waals surface area contributed by atoms with Gasteiger partial charge in [0.1, 0.15) is 23.8 Å². The maximum atomic E-state index is 13.0. The summed E-state index contributed by atoms with van der Waals surface area (Å²) >= 11 is 0. The van der Waals surface area contributed by atoms with E-state index in [1.54, 1.807) is 13.1 Å². The second-order valence-corrected chi connectivity index (χ2v) is 4.07. The Morgan fingerprint density at radius 1 is 1.59 bits per heavy atom. The number of aliphatic hydroxyl groups excluding tert-OH is 1. The van der Waals surface area contributed by atoms with E-state index in [4.69, 9.17) is 4.74 Å². The predicted octanol–water partition coefficient (Wildman–Crippen LogP) is 1.74. The molecule has 2 atom stereocenters. The largest absolute Gasteiger partial charge is 0.487 e. The molecule has 3 nitrogen and oxygen atoms in total. The minimum atomic E-state index is -0.525. The first kappa shape index (κ1) is 13.9. The highest BCUT2D eigenvalue weighted by Crippen LogP contribution is 2.29. The Kier molecular flexibility index (Phi) is 4.90. The van der Waals surface area contributed by atoms with Crippen molar-refractivity contribution in [2.24, 2.45) is 0 Å². The van der Waals surface area contributed by atoms with E-state index in [1.807, 2.05) is 0 Å². The van der Waals surface area contributed by atoms with Gasteiger partial charge in [-0.1, -0.05) is 7.43 Å². The zero-order valence-corrected chi connectivity index (χ0v) is 9.24. The van der Waals surface area contributed by atoms with Crippen molar-refractivity contribution in [3.63, 3.8) is 0 Å². The second-order valence-electron chi connectivity index (χ2n) is 4.07. The molecule has 2 N–H and O–H groups in total. The lowest BCUT2D eigenvalue weighted by atomic mass is 9.99. The minimum absolute atomic E-state index is 0. The van der Waals surface area contributed by atoms with Gasteiger partial charge < -0.3 is 15.2 Å². The van der Waals surface area contributed by atoms with Gasteiger partial charge in [0.25, 0.3) is 0 Å². The lowest BCUT2D eigenvalue weighted by Crippen LogP contribution is -2.40. The van der Waals surface area contributed by atoms with Crippen molar-refractivity contribution < 1.29 is 14.2 Å². The van der Waals surface area contributed by atoms with E-state index in [0.29, 0.717) is 12.3 Å². The summed E-state index contributed by atoms with van der Waals surface area (Å²) in [5.74, 6) is 0.448. The number of ether oxygens (including phenoxy) is 1. The normalized spacial score (nSPS) is 19.8. The van der Waals surface area contributed by atoms with E-state index < -0.39 is 6.10 Å². The van der Waals surface area contributed by atoms with Crippen molar-refractivity contribution in [3.05, 3.63) is 29.6 Å². The van der Waals surface area contributed by atoms with Crippen LogP contribution in [0.1, 0.15) is 19.4 Å². The van der Waals surface area contributed by atoms with Crippen LogP contribution < -0.4 is 10.1 Å². The van der Waals surface area contributed by atoms with Gasteiger partial charge in [0.05, 0.1) is 0 Å². The summed E-state index contributed by atoms with van der Waals surface area (Å²) in [6.07, 6.45) is 0.742. The van der Waals surface area contributed by atoms with Crippen LogP contribution in [0.5, 0.6) is 5.75 Å². The maximum absolute atomic E-state index is 13.0. The Morgan fingerprint density at radius 2 is 2.35 bits per heavy atom. The molecule has 0 amide bonds. The second kappa shape index (κ2) is 5.98. The summed E-state index contributed by atoms with van der Waals surface area (Å²) in [7, 11) is 1.79. The molecule has 17 heavy (non-hydrogen) atoms. The number of hydrogen-bond acceptors (Lipinski definition) is 3. The van der Waals surface area contributed by atoms with Gasteiger partial charge in [0, 0.05) is 6.54 Å². The molecule has 0 fully saturated rings. The standard InChI is InChI=1S/C12H16FNO2.CH4/c1-14-7-10(15)12-4-2-8-6-9(13)3-5-11(8)16-12;/h3,5-6,10,12,14-15H,2,4,7H2,1H3;1H4/t10?,12-;/m1./s1. The van der Waals surface area contributed by atoms with E-state index >= 15 is 0 Å². The number of fused-ring (bicyclic) bond motifs is 1. The maximum Gasteiger partial charge on any atom is 0.126 e. The van der Waals surface area contributed by atoms with Crippen molar-refractivity contribution in [2.75, 3.05) is 13.6 Å². The molecule has 0 saturated heterocycles. The first-order chi connectivity index (χ1) is 7.70. The van der Waals surface area contributed by atoms with Crippen LogP contribution in [0, 0.1) is 5.82 Å². The van der Waals surface area contributed by atoms with Crippen molar-refractivity contribution in [3.8, 4) is 5.75 Å². The van der Waals surface area contributed by atoms with E-state index in [-0.39, 0.29) is 19.3 Å². The molecule has 1 aromatic carbocycles. The number of aliphatic hydroxyl groups is 1. The number of likely N-dealkylation sites (N-methyl/N-ethyl adjacent to an activating group) is 1. The van der Waals surface area contributed by atoms with Gasteiger partial charge in [0.15, 0.2) is 0 Å². The molecule has 1 unspecified atom stereocenters. The van der Waals surface area contributed by atoms with Gasteiger partial charge >= 0.3 is 0 Å². The van der Waals surface area contributed by atoms with Gasteiger partial charge in [-0.3, -0.25) is 0 Å². The van der Waals surface area contributed by atoms with Crippen LogP contribution in [0.25, 0.3) is 0 Å². The number of rotatable bonds is 3. The summed E-state index contributed by atoms with van der Waals surface area (Å²) in [5.41, 5.74) is 0.882. The van der Waals surface area contributed by atoms with Crippen LogP contribution in [0.15, 0.2) is 18.2 Å². The summed E-state index contributed by atoms with van der Waals surface area (Å²) in [6, 6.07) is 4.50. The summed E-state index contributed by atoms with van der Waals surface area (Å²) < 4.78 is 18.6. The third-order valence-electron chi connectivity index (χ3n) is 2.84. The number of aryl methyl sites for hydroxylation is 1. The summed E-state index contributed by atoms with van der Waals surface area (Å²) in [4.78, 5) is 0. The van der Waals surface area contributed by atoms with Crippen molar-refractivity contribution in [2.45, 2.75) is 32.5 Å². The molecule has 0 aromatic heterocycles. The molecule has 1 aliphatic rings. The van der Waals surface area contributed by atoms with Crippen molar-refractivity contribution in [1.82, 2.24) is 5.32 Å². The Hall–Kier alpha value is -1.13. The molecule has 2 rings (SSSR count). The third-order valence-corrected chi connectivity index (χ3v) is 2.84. The SMILES string of the molecule is C.CNCC(O)[C@H]1CCc2cc(F)ccc2O1. The lowest BCUT2D eigenvalue weighted by molar-refractivity contribution is 0.0255. The monoisotopic (exact) mass is 241 g/mol. The average molecular weight is 241 g/mol. The number of nitrogens with one attached hydrogen (secondary N) is 1. The van der Waals surface area contributed by atoms with Gasteiger partial charge in [-0.25, -0.2) is 4.39 Å². The third kappa shape index (κ3) is 3.17. The fourth-order valence-corrected chi connectivity index (χ4v) is 1.99. The minimum Gasteiger partial charge on any atom is -0.487 e. The zero-order valence-electron chi connectivity index (χ0n) is 9.24. The van der Waals surface area contributed by atoms with Crippen molar-refractivity contribution >= 4 is 0 Å². The zero-order chi connectivity index (χ0) is 11.5. The quantitative estimate of drug-likeness (QED) is 0.847. The molecule has 0 bridgehead atoms. The van der Waals surface area contributed by atoms with Crippen LogP contribution in [-0.4, -0.2) is 30.9 Å². The predicted molar refractivity (Wildman–Crippen MR) is 65.8 cm³/mol. The van der Waals surface area contributed by atoms with Gasteiger partial charge in [-0.2, -0.15) is 0 Å². The smallest absolute Gasteiger partial charge is 0.126 e. The summed E-state index contributed by atoms with van der Waals surface area (Å²) in [5, 5.41) is 12.7. The van der Waals surface area contributed by atoms with E-state index in [9.17, 15) is 9.50 Å². The molecule has 0 aliphatic carbocycles. The Morgan fingerprint density at radius 3 is 3.06 bits per heavy atom. The molecule has 0 saturated carbocycles. The molecule has 96 valence electrons. The van der Waals surface area contributed by atoms with Gasteiger partial charge in [-0.15, -0.1) is 0 Å². The number of benzene rings is 1. The molecule has 0 radical (unpaired) electrons.